The first kappa shape index (κ1) is 11.3. The van der Waals surface area contributed by atoms with Crippen molar-refractivity contribution in [1.82, 2.24) is 4.98 Å². The number of aromatic nitrogens is 1. The monoisotopic (exact) mass is 238 g/mol. The first-order chi connectivity index (χ1) is 8.93. The van der Waals surface area contributed by atoms with Crippen LogP contribution in [0, 0.1) is 0 Å². The van der Waals surface area contributed by atoms with Gasteiger partial charge in [0.2, 0.25) is 0 Å². The Balaban J connectivity index is 1.80. The van der Waals surface area contributed by atoms with Gasteiger partial charge in [-0.2, -0.15) is 0 Å². The van der Waals surface area contributed by atoms with Gasteiger partial charge >= 0.3 is 0 Å². The standard InChI is InChI=1S/C16H18N2/c1-4-12-18(13-5-1)15-9-7-14(8-10-15)16-6-2-3-11-17-16/h2-3,6-11H,1,4-5,12-13H2. The molecule has 0 saturated carbocycles. The van der Waals surface area contributed by atoms with E-state index in [0.717, 1.165) is 5.69 Å². The second kappa shape index (κ2) is 5.21. The minimum Gasteiger partial charge on any atom is -0.372 e. The topological polar surface area (TPSA) is 16.1 Å². The molecule has 1 aliphatic rings. The van der Waals surface area contributed by atoms with Gasteiger partial charge in [-0.05, 0) is 43.5 Å². The molecule has 0 aliphatic carbocycles. The quantitative estimate of drug-likeness (QED) is 0.792. The molecule has 0 bridgehead atoms. The maximum atomic E-state index is 4.38. The number of nitrogens with zero attached hydrogens (tertiary/aromatic N) is 2. The van der Waals surface area contributed by atoms with Crippen molar-refractivity contribution in [2.45, 2.75) is 19.3 Å². The highest BCUT2D eigenvalue weighted by atomic mass is 15.1. The van der Waals surface area contributed by atoms with E-state index in [1.165, 1.54) is 43.6 Å². The first-order valence-corrected chi connectivity index (χ1v) is 6.70. The van der Waals surface area contributed by atoms with Gasteiger partial charge in [-0.1, -0.05) is 18.2 Å². The summed E-state index contributed by atoms with van der Waals surface area (Å²) in [5.74, 6) is 0. The van der Waals surface area contributed by atoms with Crippen molar-refractivity contribution in [2.75, 3.05) is 18.0 Å². The summed E-state index contributed by atoms with van der Waals surface area (Å²) in [5, 5.41) is 0. The van der Waals surface area contributed by atoms with Crippen LogP contribution in [0.1, 0.15) is 19.3 Å². The maximum absolute atomic E-state index is 4.38. The summed E-state index contributed by atoms with van der Waals surface area (Å²) in [6.07, 6.45) is 5.86. The lowest BCUT2D eigenvalue weighted by atomic mass is 10.1. The number of piperidine rings is 1. The summed E-state index contributed by atoms with van der Waals surface area (Å²) in [5.41, 5.74) is 3.58. The molecule has 1 aromatic carbocycles. The summed E-state index contributed by atoms with van der Waals surface area (Å²) in [6.45, 7) is 2.39. The maximum Gasteiger partial charge on any atom is 0.0701 e. The molecular weight excluding hydrogens is 220 g/mol. The Labute approximate surface area is 108 Å². The smallest absolute Gasteiger partial charge is 0.0701 e. The molecule has 1 saturated heterocycles. The Morgan fingerprint density at radius 3 is 2.28 bits per heavy atom. The normalized spacial score (nSPS) is 15.7. The number of rotatable bonds is 2. The summed E-state index contributed by atoms with van der Waals surface area (Å²) < 4.78 is 0. The van der Waals surface area contributed by atoms with E-state index in [0.29, 0.717) is 0 Å². The molecule has 0 N–H and O–H groups in total. The molecule has 92 valence electrons. The number of benzene rings is 1. The zero-order valence-electron chi connectivity index (χ0n) is 10.5. The molecule has 18 heavy (non-hydrogen) atoms. The minimum atomic E-state index is 1.04. The molecule has 3 rings (SSSR count). The average molecular weight is 238 g/mol. The Kier molecular flexibility index (Phi) is 3.26. The molecule has 2 heterocycles. The van der Waals surface area contributed by atoms with Crippen LogP contribution in [0.3, 0.4) is 0 Å². The van der Waals surface area contributed by atoms with Crippen molar-refractivity contribution in [3.8, 4) is 11.3 Å². The number of hydrogen-bond acceptors (Lipinski definition) is 2. The average Bonchev–Trinajstić information content (AvgIpc) is 2.49. The van der Waals surface area contributed by atoms with Crippen molar-refractivity contribution >= 4 is 5.69 Å². The van der Waals surface area contributed by atoms with E-state index in [1.807, 2.05) is 18.3 Å². The van der Waals surface area contributed by atoms with Crippen LogP contribution in [0.5, 0.6) is 0 Å². The third-order valence-electron chi connectivity index (χ3n) is 3.55. The van der Waals surface area contributed by atoms with Gasteiger partial charge < -0.3 is 4.90 Å². The molecule has 2 aromatic rings. The summed E-state index contributed by atoms with van der Waals surface area (Å²) in [4.78, 5) is 6.86. The zero-order chi connectivity index (χ0) is 12.2. The Morgan fingerprint density at radius 2 is 1.61 bits per heavy atom. The van der Waals surface area contributed by atoms with E-state index in [-0.39, 0.29) is 0 Å². The van der Waals surface area contributed by atoms with Gasteiger partial charge in [-0.3, -0.25) is 4.98 Å². The second-order valence-corrected chi connectivity index (χ2v) is 4.81. The van der Waals surface area contributed by atoms with Gasteiger partial charge in [0.15, 0.2) is 0 Å². The van der Waals surface area contributed by atoms with E-state index in [1.54, 1.807) is 0 Å². The SMILES string of the molecule is c1ccc(-c2ccc(N3CCCCC3)cc2)nc1. The Bertz CT molecular complexity index is 484. The molecule has 0 unspecified atom stereocenters. The first-order valence-electron chi connectivity index (χ1n) is 6.70. The molecule has 1 fully saturated rings. The van der Waals surface area contributed by atoms with E-state index >= 15 is 0 Å². The molecule has 2 heteroatoms. The van der Waals surface area contributed by atoms with E-state index in [4.69, 9.17) is 0 Å². The Morgan fingerprint density at radius 1 is 0.833 bits per heavy atom. The highest BCUT2D eigenvalue weighted by Crippen LogP contribution is 2.23. The van der Waals surface area contributed by atoms with Crippen molar-refractivity contribution in [3.05, 3.63) is 48.7 Å². The van der Waals surface area contributed by atoms with Gasteiger partial charge in [-0.15, -0.1) is 0 Å². The lowest BCUT2D eigenvalue weighted by molar-refractivity contribution is 0.578. The van der Waals surface area contributed by atoms with Crippen LogP contribution < -0.4 is 4.90 Å². The fourth-order valence-corrected chi connectivity index (χ4v) is 2.53. The fraction of sp³-hybridized carbons (Fsp3) is 0.312. The number of hydrogen-bond donors (Lipinski definition) is 0. The van der Waals surface area contributed by atoms with Gasteiger partial charge in [0.1, 0.15) is 0 Å². The Hall–Kier alpha value is -1.83. The van der Waals surface area contributed by atoms with Crippen LogP contribution in [0.2, 0.25) is 0 Å². The third kappa shape index (κ3) is 2.37. The largest absolute Gasteiger partial charge is 0.372 e. The molecule has 0 spiro atoms. The van der Waals surface area contributed by atoms with Crippen molar-refractivity contribution < 1.29 is 0 Å². The molecule has 1 aliphatic heterocycles. The fourth-order valence-electron chi connectivity index (χ4n) is 2.53. The highest BCUT2D eigenvalue weighted by molar-refractivity contribution is 5.63. The summed E-state index contributed by atoms with van der Waals surface area (Å²) >= 11 is 0. The summed E-state index contributed by atoms with van der Waals surface area (Å²) in [7, 11) is 0. The zero-order valence-corrected chi connectivity index (χ0v) is 10.5. The minimum absolute atomic E-state index is 1.04. The second-order valence-electron chi connectivity index (χ2n) is 4.81. The molecule has 1 aromatic heterocycles. The summed E-state index contributed by atoms with van der Waals surface area (Å²) in [6, 6.07) is 14.8. The van der Waals surface area contributed by atoms with Crippen LogP contribution in [0.15, 0.2) is 48.7 Å². The van der Waals surface area contributed by atoms with Crippen LogP contribution in [0.25, 0.3) is 11.3 Å². The third-order valence-corrected chi connectivity index (χ3v) is 3.55. The van der Waals surface area contributed by atoms with Crippen LogP contribution in [0.4, 0.5) is 5.69 Å². The van der Waals surface area contributed by atoms with Crippen molar-refractivity contribution in [1.29, 1.82) is 0 Å². The lowest BCUT2D eigenvalue weighted by Gasteiger charge is -2.28. The molecule has 0 atom stereocenters. The highest BCUT2D eigenvalue weighted by Gasteiger charge is 2.10. The molecular formula is C16H18N2. The van der Waals surface area contributed by atoms with E-state index < -0.39 is 0 Å². The predicted octanol–water partition coefficient (Wildman–Crippen LogP) is 3.74. The number of anilines is 1. The van der Waals surface area contributed by atoms with Gasteiger partial charge in [0.05, 0.1) is 5.69 Å². The molecule has 2 nitrogen and oxygen atoms in total. The number of pyridine rings is 1. The lowest BCUT2D eigenvalue weighted by Crippen LogP contribution is -2.29. The van der Waals surface area contributed by atoms with E-state index in [2.05, 4.69) is 40.2 Å². The van der Waals surface area contributed by atoms with Crippen LogP contribution in [-0.4, -0.2) is 18.1 Å². The van der Waals surface area contributed by atoms with Crippen LogP contribution in [-0.2, 0) is 0 Å². The predicted molar refractivity (Wildman–Crippen MR) is 75.7 cm³/mol. The van der Waals surface area contributed by atoms with Gasteiger partial charge in [0, 0.05) is 30.5 Å². The molecule has 0 amide bonds. The molecule has 0 radical (unpaired) electrons. The van der Waals surface area contributed by atoms with Crippen molar-refractivity contribution in [3.63, 3.8) is 0 Å². The van der Waals surface area contributed by atoms with E-state index in [9.17, 15) is 0 Å². The van der Waals surface area contributed by atoms with Crippen LogP contribution >= 0.6 is 0 Å². The van der Waals surface area contributed by atoms with Gasteiger partial charge in [-0.25, -0.2) is 0 Å². The van der Waals surface area contributed by atoms with Gasteiger partial charge in [0.25, 0.3) is 0 Å². The van der Waals surface area contributed by atoms with Crippen molar-refractivity contribution in [2.24, 2.45) is 0 Å².